The predicted octanol–water partition coefficient (Wildman–Crippen LogP) is 2.00. The maximum absolute atomic E-state index is 11.2. The lowest BCUT2D eigenvalue weighted by molar-refractivity contribution is -0.121. The van der Waals surface area contributed by atoms with Crippen LogP contribution in [0.5, 0.6) is 0 Å². The number of unbranched alkanes of at least 4 members (excludes halogenated alkanes) is 2. The van der Waals surface area contributed by atoms with Gasteiger partial charge in [-0.25, -0.2) is 0 Å². The molecule has 0 saturated carbocycles. The standard InChI is InChI=1S/C10H16N4O/c1-2-3-4-5-7-10(15)12-8-6-9-13-14-11/h1H,3-9H2,(H,12,15). The molecule has 0 saturated heterocycles. The van der Waals surface area contributed by atoms with Crippen molar-refractivity contribution < 1.29 is 4.79 Å². The molecule has 1 amide bonds. The lowest BCUT2D eigenvalue weighted by atomic mass is 10.2. The van der Waals surface area contributed by atoms with E-state index in [0.29, 0.717) is 25.9 Å². The number of carbonyl (C=O) groups excluding carboxylic acids is 1. The van der Waals surface area contributed by atoms with Crippen molar-refractivity contribution in [3.63, 3.8) is 0 Å². The summed E-state index contributed by atoms with van der Waals surface area (Å²) in [4.78, 5) is 13.8. The number of amides is 1. The molecule has 0 fully saturated rings. The molecular formula is C10H16N4O. The highest BCUT2D eigenvalue weighted by Crippen LogP contribution is 1.98. The van der Waals surface area contributed by atoms with Crippen LogP contribution in [-0.4, -0.2) is 19.0 Å². The van der Waals surface area contributed by atoms with Crippen LogP contribution in [0.1, 0.15) is 32.1 Å². The molecule has 15 heavy (non-hydrogen) atoms. The van der Waals surface area contributed by atoms with Crippen molar-refractivity contribution in [2.45, 2.75) is 32.1 Å². The molecule has 0 radical (unpaired) electrons. The van der Waals surface area contributed by atoms with Crippen molar-refractivity contribution >= 4 is 5.91 Å². The Kier molecular flexibility index (Phi) is 9.27. The maximum atomic E-state index is 11.2. The van der Waals surface area contributed by atoms with Crippen LogP contribution in [0, 0.1) is 12.3 Å². The number of nitrogens with zero attached hydrogens (tertiary/aromatic N) is 3. The van der Waals surface area contributed by atoms with Crippen LogP contribution in [0.15, 0.2) is 5.11 Å². The minimum absolute atomic E-state index is 0.0351. The molecule has 0 aliphatic carbocycles. The molecule has 0 atom stereocenters. The predicted molar refractivity (Wildman–Crippen MR) is 58.9 cm³/mol. The third-order valence-corrected chi connectivity index (χ3v) is 1.80. The Morgan fingerprint density at radius 1 is 1.47 bits per heavy atom. The summed E-state index contributed by atoms with van der Waals surface area (Å²) in [7, 11) is 0. The minimum atomic E-state index is 0.0351. The van der Waals surface area contributed by atoms with Gasteiger partial charge in [-0.15, -0.1) is 12.3 Å². The third kappa shape index (κ3) is 10.3. The van der Waals surface area contributed by atoms with Crippen LogP contribution in [0.4, 0.5) is 0 Å². The summed E-state index contributed by atoms with van der Waals surface area (Å²) < 4.78 is 0. The van der Waals surface area contributed by atoms with Gasteiger partial charge in [-0.2, -0.15) is 0 Å². The lowest BCUT2D eigenvalue weighted by Crippen LogP contribution is -2.24. The van der Waals surface area contributed by atoms with E-state index >= 15 is 0 Å². The van der Waals surface area contributed by atoms with Crippen molar-refractivity contribution in [3.05, 3.63) is 10.4 Å². The summed E-state index contributed by atoms with van der Waals surface area (Å²) in [5, 5.41) is 6.11. The van der Waals surface area contributed by atoms with Crippen LogP contribution in [0.2, 0.25) is 0 Å². The number of hydrogen-bond donors (Lipinski definition) is 1. The average molecular weight is 208 g/mol. The van der Waals surface area contributed by atoms with Gasteiger partial charge in [0.15, 0.2) is 0 Å². The molecule has 5 nitrogen and oxygen atoms in total. The Morgan fingerprint density at radius 3 is 2.93 bits per heavy atom. The van der Waals surface area contributed by atoms with Crippen LogP contribution in [0.25, 0.3) is 10.4 Å². The minimum Gasteiger partial charge on any atom is -0.356 e. The molecule has 1 N–H and O–H groups in total. The van der Waals surface area contributed by atoms with E-state index in [2.05, 4.69) is 21.3 Å². The first-order valence-corrected chi connectivity index (χ1v) is 5.02. The van der Waals surface area contributed by atoms with Crippen LogP contribution in [-0.2, 0) is 4.79 Å². The van der Waals surface area contributed by atoms with E-state index in [1.165, 1.54) is 0 Å². The fraction of sp³-hybridized carbons (Fsp3) is 0.700. The SMILES string of the molecule is C#CCCCCC(=O)NCCCN=[N+]=[N-]. The van der Waals surface area contributed by atoms with Gasteiger partial charge in [-0.05, 0) is 24.8 Å². The van der Waals surface area contributed by atoms with Gasteiger partial charge in [0.2, 0.25) is 5.91 Å². The number of terminal acetylenes is 1. The van der Waals surface area contributed by atoms with Gasteiger partial charge in [0.25, 0.3) is 0 Å². The van der Waals surface area contributed by atoms with E-state index in [0.717, 1.165) is 19.3 Å². The summed E-state index contributed by atoms with van der Waals surface area (Å²) in [6, 6.07) is 0. The molecule has 0 aliphatic rings. The number of carbonyl (C=O) groups is 1. The molecule has 0 aromatic carbocycles. The Hall–Kier alpha value is -1.66. The van der Waals surface area contributed by atoms with Gasteiger partial charge in [0, 0.05) is 30.8 Å². The lowest BCUT2D eigenvalue weighted by Gasteiger charge is -2.02. The summed E-state index contributed by atoms with van der Waals surface area (Å²) in [6.07, 6.45) is 8.72. The van der Waals surface area contributed by atoms with Crippen molar-refractivity contribution in [1.82, 2.24) is 5.32 Å². The molecule has 0 aliphatic heterocycles. The van der Waals surface area contributed by atoms with Crippen molar-refractivity contribution in [2.24, 2.45) is 5.11 Å². The first kappa shape index (κ1) is 13.3. The van der Waals surface area contributed by atoms with E-state index in [9.17, 15) is 4.79 Å². The number of nitrogens with one attached hydrogen (secondary N) is 1. The van der Waals surface area contributed by atoms with E-state index in [4.69, 9.17) is 12.0 Å². The fourth-order valence-corrected chi connectivity index (χ4v) is 1.02. The summed E-state index contributed by atoms with van der Waals surface area (Å²) in [6.45, 7) is 0.987. The number of hydrogen-bond acceptors (Lipinski definition) is 2. The summed E-state index contributed by atoms with van der Waals surface area (Å²) >= 11 is 0. The highest BCUT2D eigenvalue weighted by Gasteiger charge is 1.98. The zero-order valence-corrected chi connectivity index (χ0v) is 8.78. The second-order valence-electron chi connectivity index (χ2n) is 3.07. The van der Waals surface area contributed by atoms with Gasteiger partial charge in [-0.3, -0.25) is 4.79 Å². The molecular weight excluding hydrogens is 192 g/mol. The fourth-order valence-electron chi connectivity index (χ4n) is 1.02. The van der Waals surface area contributed by atoms with Gasteiger partial charge in [0.1, 0.15) is 0 Å². The molecule has 0 rings (SSSR count). The first-order valence-electron chi connectivity index (χ1n) is 5.02. The summed E-state index contributed by atoms with van der Waals surface area (Å²) in [5.74, 6) is 2.56. The average Bonchev–Trinajstić information content (AvgIpc) is 2.24. The quantitative estimate of drug-likeness (QED) is 0.214. The van der Waals surface area contributed by atoms with Gasteiger partial charge in [0.05, 0.1) is 0 Å². The molecule has 0 heterocycles. The van der Waals surface area contributed by atoms with Crippen molar-refractivity contribution in [2.75, 3.05) is 13.1 Å². The molecule has 0 aromatic rings. The largest absolute Gasteiger partial charge is 0.356 e. The molecule has 82 valence electrons. The zero-order chi connectivity index (χ0) is 11.4. The topological polar surface area (TPSA) is 77.9 Å². The van der Waals surface area contributed by atoms with Gasteiger partial charge >= 0.3 is 0 Å². The Morgan fingerprint density at radius 2 is 2.27 bits per heavy atom. The van der Waals surface area contributed by atoms with Crippen molar-refractivity contribution in [1.29, 1.82) is 0 Å². The highest BCUT2D eigenvalue weighted by atomic mass is 16.1. The summed E-state index contributed by atoms with van der Waals surface area (Å²) in [5.41, 5.74) is 8.00. The Bertz CT molecular complexity index is 263. The Labute approximate surface area is 89.9 Å². The zero-order valence-electron chi connectivity index (χ0n) is 8.78. The van der Waals surface area contributed by atoms with Crippen LogP contribution < -0.4 is 5.32 Å². The molecule has 0 spiro atoms. The smallest absolute Gasteiger partial charge is 0.219 e. The Balaban J connectivity index is 3.26. The monoisotopic (exact) mass is 208 g/mol. The second-order valence-corrected chi connectivity index (χ2v) is 3.07. The molecule has 0 bridgehead atoms. The normalized spacial score (nSPS) is 8.73. The molecule has 0 unspecified atom stereocenters. The number of rotatable bonds is 8. The maximum Gasteiger partial charge on any atom is 0.219 e. The molecule has 5 heteroatoms. The first-order chi connectivity index (χ1) is 7.31. The van der Waals surface area contributed by atoms with E-state index in [-0.39, 0.29) is 5.91 Å². The van der Waals surface area contributed by atoms with E-state index < -0.39 is 0 Å². The van der Waals surface area contributed by atoms with Gasteiger partial charge in [-0.1, -0.05) is 5.11 Å². The third-order valence-electron chi connectivity index (χ3n) is 1.80. The highest BCUT2D eigenvalue weighted by molar-refractivity contribution is 5.75. The van der Waals surface area contributed by atoms with E-state index in [1.54, 1.807) is 0 Å². The second kappa shape index (κ2) is 10.4. The van der Waals surface area contributed by atoms with E-state index in [1.807, 2.05) is 0 Å². The number of azide groups is 1. The van der Waals surface area contributed by atoms with Crippen LogP contribution in [0.3, 0.4) is 0 Å². The van der Waals surface area contributed by atoms with Gasteiger partial charge < -0.3 is 5.32 Å². The van der Waals surface area contributed by atoms with Crippen molar-refractivity contribution in [3.8, 4) is 12.3 Å². The van der Waals surface area contributed by atoms with Crippen LogP contribution >= 0.6 is 0 Å². The molecule has 0 aromatic heterocycles.